The van der Waals surface area contributed by atoms with Crippen LogP contribution in [0.4, 0.5) is 5.82 Å². The molecule has 130 valence electrons. The van der Waals surface area contributed by atoms with Crippen LogP contribution in [-0.4, -0.2) is 29.6 Å². The van der Waals surface area contributed by atoms with Crippen LogP contribution in [0.25, 0.3) is 32.9 Å². The zero-order valence-electron chi connectivity index (χ0n) is 13.7. The highest BCUT2D eigenvalue weighted by atomic mass is 32.2. The Morgan fingerprint density at radius 3 is 2.46 bits per heavy atom. The summed E-state index contributed by atoms with van der Waals surface area (Å²) in [5, 5.41) is 2.65. The molecule has 4 aromatic rings. The van der Waals surface area contributed by atoms with Crippen molar-refractivity contribution in [2.75, 3.05) is 11.0 Å². The number of hydrogen-bond acceptors (Lipinski definition) is 6. The van der Waals surface area contributed by atoms with E-state index < -0.39 is 10.0 Å². The van der Waals surface area contributed by atoms with Crippen LogP contribution in [0, 0.1) is 0 Å². The predicted molar refractivity (Wildman–Crippen MR) is 105 cm³/mol. The molecule has 0 aliphatic carbocycles. The summed E-state index contributed by atoms with van der Waals surface area (Å²) in [6.45, 7) is 0. The monoisotopic (exact) mass is 382 g/mol. The second-order valence-corrected chi connectivity index (χ2v) is 8.29. The number of thiophene rings is 1. The van der Waals surface area contributed by atoms with Crippen LogP contribution < -0.4 is 4.72 Å². The van der Waals surface area contributed by atoms with Crippen molar-refractivity contribution in [3.8, 4) is 22.6 Å². The lowest BCUT2D eigenvalue weighted by atomic mass is 10.1. The molecule has 4 rings (SSSR count). The quantitative estimate of drug-likeness (QED) is 0.580. The fraction of sp³-hybridized carbons (Fsp3) is 0.0556. The molecular formula is C18H14N4O2S2. The van der Waals surface area contributed by atoms with E-state index >= 15 is 0 Å². The van der Waals surface area contributed by atoms with E-state index in [1.54, 1.807) is 18.3 Å². The molecule has 1 aromatic carbocycles. The molecule has 26 heavy (non-hydrogen) atoms. The molecule has 0 fully saturated rings. The first kappa shape index (κ1) is 16.6. The Morgan fingerprint density at radius 2 is 1.77 bits per heavy atom. The molecule has 0 unspecified atom stereocenters. The van der Waals surface area contributed by atoms with Gasteiger partial charge in [-0.2, -0.15) is 0 Å². The van der Waals surface area contributed by atoms with Gasteiger partial charge in [0.15, 0.2) is 11.6 Å². The van der Waals surface area contributed by atoms with Gasteiger partial charge in [0.25, 0.3) is 0 Å². The number of anilines is 1. The van der Waals surface area contributed by atoms with E-state index in [9.17, 15) is 8.42 Å². The number of aromatic nitrogens is 3. The zero-order valence-corrected chi connectivity index (χ0v) is 15.4. The minimum Gasteiger partial charge on any atom is -0.267 e. The van der Waals surface area contributed by atoms with Crippen LogP contribution in [0.15, 0.2) is 60.1 Å². The van der Waals surface area contributed by atoms with E-state index in [1.165, 1.54) is 11.3 Å². The zero-order chi connectivity index (χ0) is 18.1. The van der Waals surface area contributed by atoms with Crippen LogP contribution >= 0.6 is 11.3 Å². The SMILES string of the molecule is CS(=O)(=O)Nc1nc(-c2ccccn2)nc2scc(-c3ccccc3)c12. The van der Waals surface area contributed by atoms with Crippen LogP contribution in [0.3, 0.4) is 0 Å². The molecule has 1 N–H and O–H groups in total. The fourth-order valence-corrected chi connectivity index (χ4v) is 4.08. The number of pyridine rings is 1. The largest absolute Gasteiger partial charge is 0.267 e. The smallest absolute Gasteiger partial charge is 0.230 e. The number of hydrogen-bond donors (Lipinski definition) is 1. The summed E-state index contributed by atoms with van der Waals surface area (Å²) in [6.07, 6.45) is 2.76. The molecule has 3 aromatic heterocycles. The maximum Gasteiger partial charge on any atom is 0.230 e. The predicted octanol–water partition coefficient (Wildman–Crippen LogP) is 3.79. The van der Waals surface area contributed by atoms with Crippen molar-refractivity contribution in [2.24, 2.45) is 0 Å². The number of fused-ring (bicyclic) bond motifs is 1. The Bertz CT molecular complexity index is 1170. The topological polar surface area (TPSA) is 84.8 Å². The Hall–Kier alpha value is -2.84. The standard InChI is InChI=1S/C18H14N4O2S2/c1-26(23,24)22-17-15-13(12-7-3-2-4-8-12)11-25-18(15)21-16(20-17)14-9-5-6-10-19-14/h2-11H,1H3,(H,20,21,22). The Labute approximate surface area is 154 Å². The molecule has 0 atom stereocenters. The minimum atomic E-state index is -3.50. The van der Waals surface area contributed by atoms with Crippen LogP contribution in [0.2, 0.25) is 0 Å². The highest BCUT2D eigenvalue weighted by Gasteiger charge is 2.18. The van der Waals surface area contributed by atoms with Crippen LogP contribution in [-0.2, 0) is 10.0 Å². The molecule has 3 heterocycles. The molecule has 0 bridgehead atoms. The van der Waals surface area contributed by atoms with E-state index in [-0.39, 0.29) is 5.82 Å². The molecule has 0 saturated carbocycles. The van der Waals surface area contributed by atoms with Crippen molar-refractivity contribution < 1.29 is 8.42 Å². The lowest BCUT2D eigenvalue weighted by molar-refractivity contribution is 0.606. The molecule has 6 nitrogen and oxygen atoms in total. The van der Waals surface area contributed by atoms with Gasteiger partial charge in [-0.3, -0.25) is 9.71 Å². The van der Waals surface area contributed by atoms with E-state index in [2.05, 4.69) is 19.7 Å². The van der Waals surface area contributed by atoms with Gasteiger partial charge in [-0.05, 0) is 17.7 Å². The van der Waals surface area contributed by atoms with E-state index in [0.717, 1.165) is 17.4 Å². The number of sulfonamides is 1. The summed E-state index contributed by atoms with van der Waals surface area (Å²) >= 11 is 1.44. The molecule has 0 saturated heterocycles. The van der Waals surface area contributed by atoms with Crippen LogP contribution in [0.1, 0.15) is 0 Å². The van der Waals surface area contributed by atoms with Crippen molar-refractivity contribution in [2.45, 2.75) is 0 Å². The summed E-state index contributed by atoms with van der Waals surface area (Å²) in [7, 11) is -3.50. The first-order valence-corrected chi connectivity index (χ1v) is 10.5. The maximum atomic E-state index is 11.9. The van der Waals surface area contributed by atoms with Gasteiger partial charge in [-0.1, -0.05) is 36.4 Å². The lowest BCUT2D eigenvalue weighted by Gasteiger charge is -2.09. The Kier molecular flexibility index (Phi) is 4.14. The fourth-order valence-electron chi connectivity index (χ4n) is 2.63. The van der Waals surface area contributed by atoms with Gasteiger partial charge in [-0.15, -0.1) is 11.3 Å². The highest BCUT2D eigenvalue weighted by molar-refractivity contribution is 7.92. The van der Waals surface area contributed by atoms with Crippen molar-refractivity contribution >= 4 is 37.4 Å². The third-order valence-electron chi connectivity index (χ3n) is 3.69. The van der Waals surface area contributed by atoms with E-state index in [0.29, 0.717) is 21.7 Å². The number of nitrogens with one attached hydrogen (secondary N) is 1. The molecule has 0 amide bonds. The van der Waals surface area contributed by atoms with Crippen molar-refractivity contribution in [1.29, 1.82) is 0 Å². The first-order valence-electron chi connectivity index (χ1n) is 7.75. The maximum absolute atomic E-state index is 11.9. The Balaban J connectivity index is 1.98. The second kappa shape index (κ2) is 6.47. The van der Waals surface area contributed by atoms with E-state index in [4.69, 9.17) is 0 Å². The van der Waals surface area contributed by atoms with E-state index in [1.807, 2.05) is 41.8 Å². The summed E-state index contributed by atoms with van der Waals surface area (Å²) in [5.74, 6) is 0.643. The van der Waals surface area contributed by atoms with Crippen molar-refractivity contribution in [3.05, 3.63) is 60.1 Å². The van der Waals surface area contributed by atoms with Crippen molar-refractivity contribution in [1.82, 2.24) is 15.0 Å². The lowest BCUT2D eigenvalue weighted by Crippen LogP contribution is -2.12. The van der Waals surface area contributed by atoms with Gasteiger partial charge < -0.3 is 0 Å². The number of nitrogens with zero attached hydrogens (tertiary/aromatic N) is 3. The average molecular weight is 382 g/mol. The Morgan fingerprint density at radius 1 is 1.00 bits per heavy atom. The first-order chi connectivity index (χ1) is 12.5. The van der Waals surface area contributed by atoms with Gasteiger partial charge in [0, 0.05) is 17.1 Å². The second-order valence-electron chi connectivity index (χ2n) is 5.68. The summed E-state index contributed by atoms with van der Waals surface area (Å²) in [5.41, 5.74) is 2.45. The van der Waals surface area contributed by atoms with Crippen molar-refractivity contribution in [3.63, 3.8) is 0 Å². The van der Waals surface area contributed by atoms with Crippen LogP contribution in [0.5, 0.6) is 0 Å². The molecule has 0 aliphatic rings. The van der Waals surface area contributed by atoms with Gasteiger partial charge in [0.1, 0.15) is 10.5 Å². The molecular weight excluding hydrogens is 368 g/mol. The summed E-state index contributed by atoms with van der Waals surface area (Å²) < 4.78 is 26.3. The van der Waals surface area contributed by atoms with Gasteiger partial charge in [0.2, 0.25) is 10.0 Å². The third-order valence-corrected chi connectivity index (χ3v) is 5.13. The van der Waals surface area contributed by atoms with Gasteiger partial charge in [0.05, 0.1) is 11.6 Å². The minimum absolute atomic E-state index is 0.262. The summed E-state index contributed by atoms with van der Waals surface area (Å²) in [4.78, 5) is 14.0. The highest BCUT2D eigenvalue weighted by Crippen LogP contribution is 2.38. The van der Waals surface area contributed by atoms with Gasteiger partial charge >= 0.3 is 0 Å². The third kappa shape index (κ3) is 3.29. The molecule has 0 aliphatic heterocycles. The number of rotatable bonds is 4. The number of benzene rings is 1. The normalized spacial score (nSPS) is 11.6. The molecule has 0 radical (unpaired) electrons. The average Bonchev–Trinajstić information content (AvgIpc) is 3.06. The summed E-state index contributed by atoms with van der Waals surface area (Å²) in [6, 6.07) is 15.2. The van der Waals surface area contributed by atoms with Gasteiger partial charge in [-0.25, -0.2) is 18.4 Å². The molecule has 0 spiro atoms. The molecule has 8 heteroatoms.